The van der Waals surface area contributed by atoms with Gasteiger partial charge in [-0.1, -0.05) is 12.6 Å². The number of ether oxygens (including phenoxy) is 2. The van der Waals surface area contributed by atoms with Crippen LogP contribution in [0.15, 0.2) is 30.5 Å². The molecule has 82 valence electrons. The molecule has 1 aromatic carbocycles. The van der Waals surface area contributed by atoms with Gasteiger partial charge in [-0.2, -0.15) is 0 Å². The molecule has 0 spiro atoms. The van der Waals surface area contributed by atoms with Crippen LogP contribution >= 0.6 is 22.6 Å². The van der Waals surface area contributed by atoms with Crippen molar-refractivity contribution >= 4 is 22.6 Å². The smallest absolute Gasteiger partial charge is 0.168 e. The van der Waals surface area contributed by atoms with Gasteiger partial charge in [0, 0.05) is 0 Å². The molecule has 15 heavy (non-hydrogen) atoms. The largest absolute Gasteiger partial charge is 0.495 e. The fourth-order valence-electron chi connectivity index (χ4n) is 1.02. The number of rotatable bonds is 5. The molecule has 0 aliphatic carbocycles. The molecule has 0 saturated heterocycles. The van der Waals surface area contributed by atoms with Gasteiger partial charge in [-0.05, 0) is 41.6 Å². The van der Waals surface area contributed by atoms with E-state index in [9.17, 15) is 4.39 Å². The average molecular weight is 322 g/mol. The average Bonchev–Trinajstić information content (AvgIpc) is 2.17. The van der Waals surface area contributed by atoms with Crippen LogP contribution in [0.3, 0.4) is 0 Å². The van der Waals surface area contributed by atoms with Crippen LogP contribution in [-0.2, 0) is 4.74 Å². The van der Waals surface area contributed by atoms with E-state index in [0.29, 0.717) is 12.4 Å². The third kappa shape index (κ3) is 3.70. The Bertz CT molecular complexity index is 332. The van der Waals surface area contributed by atoms with Gasteiger partial charge in [0.1, 0.15) is 12.4 Å². The van der Waals surface area contributed by atoms with Gasteiger partial charge in [0.2, 0.25) is 0 Å². The first-order valence-corrected chi connectivity index (χ1v) is 5.60. The maximum atomic E-state index is 13.3. The lowest BCUT2D eigenvalue weighted by molar-refractivity contribution is 0.179. The number of halogens is 2. The summed E-state index contributed by atoms with van der Waals surface area (Å²) in [6.45, 7) is 6.22. The number of para-hydroxylation sites is 1. The van der Waals surface area contributed by atoms with Gasteiger partial charge in [0.05, 0.1) is 10.2 Å². The second kappa shape index (κ2) is 5.95. The summed E-state index contributed by atoms with van der Waals surface area (Å²) < 4.78 is 24.4. The molecular formula is C11H12FIO2. The second-order valence-corrected chi connectivity index (χ2v) is 3.97. The van der Waals surface area contributed by atoms with Gasteiger partial charge >= 0.3 is 0 Å². The fourth-order valence-corrected chi connectivity index (χ4v) is 1.64. The molecule has 0 heterocycles. The lowest BCUT2D eigenvalue weighted by Gasteiger charge is -2.10. The van der Waals surface area contributed by atoms with E-state index in [2.05, 4.69) is 6.58 Å². The molecule has 0 saturated carbocycles. The molecule has 0 N–H and O–H groups in total. The van der Waals surface area contributed by atoms with Gasteiger partial charge in [-0.3, -0.25) is 0 Å². The summed E-state index contributed by atoms with van der Waals surface area (Å²) in [5.74, 6) is 0.377. The van der Waals surface area contributed by atoms with Gasteiger partial charge in [-0.25, -0.2) is 4.39 Å². The van der Waals surface area contributed by atoms with Gasteiger partial charge in [0.15, 0.2) is 11.6 Å². The monoisotopic (exact) mass is 322 g/mol. The number of benzene rings is 1. The van der Waals surface area contributed by atoms with Crippen LogP contribution in [0.4, 0.5) is 4.39 Å². The molecule has 0 aliphatic rings. The highest BCUT2D eigenvalue weighted by molar-refractivity contribution is 14.1. The first-order valence-electron chi connectivity index (χ1n) is 4.52. The maximum Gasteiger partial charge on any atom is 0.168 e. The summed E-state index contributed by atoms with van der Waals surface area (Å²) in [4.78, 5) is 0. The van der Waals surface area contributed by atoms with E-state index in [0.717, 1.165) is 3.57 Å². The molecular weight excluding hydrogens is 310 g/mol. The van der Waals surface area contributed by atoms with Crippen molar-refractivity contribution in [2.45, 2.75) is 6.92 Å². The first kappa shape index (κ1) is 12.3. The van der Waals surface area contributed by atoms with Gasteiger partial charge in [0.25, 0.3) is 0 Å². The van der Waals surface area contributed by atoms with E-state index < -0.39 is 0 Å². The van der Waals surface area contributed by atoms with Crippen molar-refractivity contribution in [3.05, 3.63) is 39.9 Å². The Hall–Kier alpha value is -0.780. The van der Waals surface area contributed by atoms with Crippen molar-refractivity contribution in [1.29, 1.82) is 0 Å². The Balaban J connectivity index is 2.61. The Morgan fingerprint density at radius 3 is 2.87 bits per heavy atom. The van der Waals surface area contributed by atoms with E-state index in [-0.39, 0.29) is 18.2 Å². The molecule has 0 atom stereocenters. The van der Waals surface area contributed by atoms with Crippen LogP contribution in [0.2, 0.25) is 0 Å². The van der Waals surface area contributed by atoms with Crippen molar-refractivity contribution in [2.24, 2.45) is 0 Å². The molecule has 0 bridgehead atoms. The van der Waals surface area contributed by atoms with Crippen LogP contribution in [0.5, 0.6) is 5.75 Å². The SMILES string of the molecule is C=C(COc1c(F)cccc1I)OCC. The van der Waals surface area contributed by atoms with Crippen molar-refractivity contribution in [1.82, 2.24) is 0 Å². The molecule has 0 radical (unpaired) electrons. The molecule has 0 fully saturated rings. The Morgan fingerprint density at radius 1 is 1.53 bits per heavy atom. The van der Waals surface area contributed by atoms with Crippen LogP contribution in [0.25, 0.3) is 0 Å². The number of hydrogen-bond donors (Lipinski definition) is 0. The predicted molar refractivity (Wildman–Crippen MR) is 65.4 cm³/mol. The van der Waals surface area contributed by atoms with Gasteiger partial charge in [-0.15, -0.1) is 0 Å². The zero-order valence-corrected chi connectivity index (χ0v) is 10.6. The zero-order valence-electron chi connectivity index (χ0n) is 8.43. The predicted octanol–water partition coefficient (Wildman–Crippen LogP) is 3.36. The molecule has 1 aromatic rings. The second-order valence-electron chi connectivity index (χ2n) is 2.81. The summed E-state index contributed by atoms with van der Waals surface area (Å²) >= 11 is 2.02. The van der Waals surface area contributed by atoms with Crippen LogP contribution in [-0.4, -0.2) is 13.2 Å². The quantitative estimate of drug-likeness (QED) is 0.611. The third-order valence-corrected chi connectivity index (χ3v) is 2.49. The van der Waals surface area contributed by atoms with Gasteiger partial charge < -0.3 is 9.47 Å². The van der Waals surface area contributed by atoms with E-state index in [1.54, 1.807) is 12.1 Å². The highest BCUT2D eigenvalue weighted by atomic mass is 127. The van der Waals surface area contributed by atoms with Crippen LogP contribution in [0, 0.1) is 9.39 Å². The molecule has 2 nitrogen and oxygen atoms in total. The van der Waals surface area contributed by atoms with Crippen LogP contribution in [0.1, 0.15) is 6.92 Å². The summed E-state index contributed by atoms with van der Waals surface area (Å²) in [5, 5.41) is 0. The normalized spacial score (nSPS) is 9.80. The zero-order chi connectivity index (χ0) is 11.3. The molecule has 1 rings (SSSR count). The minimum atomic E-state index is -0.369. The van der Waals surface area contributed by atoms with E-state index >= 15 is 0 Å². The van der Waals surface area contributed by atoms with E-state index in [4.69, 9.17) is 9.47 Å². The highest BCUT2D eigenvalue weighted by Gasteiger charge is 2.07. The van der Waals surface area contributed by atoms with Crippen LogP contribution < -0.4 is 4.74 Å². The Morgan fingerprint density at radius 2 is 2.27 bits per heavy atom. The molecule has 4 heteroatoms. The fraction of sp³-hybridized carbons (Fsp3) is 0.273. The molecule has 0 amide bonds. The minimum absolute atomic E-state index is 0.171. The summed E-state index contributed by atoms with van der Waals surface area (Å²) in [5.41, 5.74) is 0. The topological polar surface area (TPSA) is 18.5 Å². The Labute approximate surface area is 102 Å². The number of hydrogen-bond acceptors (Lipinski definition) is 2. The Kier molecular flexibility index (Phi) is 4.87. The standard InChI is InChI=1S/C11H12FIO2/c1-3-14-8(2)7-15-11-9(12)5-4-6-10(11)13/h4-6H,2-3,7H2,1H3. The lowest BCUT2D eigenvalue weighted by Crippen LogP contribution is -2.05. The maximum absolute atomic E-state index is 13.3. The van der Waals surface area contributed by atoms with Crippen molar-refractivity contribution in [3.8, 4) is 5.75 Å². The highest BCUT2D eigenvalue weighted by Crippen LogP contribution is 2.24. The summed E-state index contributed by atoms with van der Waals surface area (Å²) in [6.07, 6.45) is 0. The minimum Gasteiger partial charge on any atom is -0.495 e. The molecule has 0 aliphatic heterocycles. The van der Waals surface area contributed by atoms with Crippen molar-refractivity contribution < 1.29 is 13.9 Å². The lowest BCUT2D eigenvalue weighted by atomic mass is 10.3. The van der Waals surface area contributed by atoms with E-state index in [1.165, 1.54) is 6.07 Å². The molecule has 0 unspecified atom stereocenters. The first-order chi connectivity index (χ1) is 7.15. The van der Waals surface area contributed by atoms with E-state index in [1.807, 2.05) is 29.5 Å². The molecule has 0 aromatic heterocycles. The van der Waals surface area contributed by atoms with Crippen molar-refractivity contribution in [3.63, 3.8) is 0 Å². The summed E-state index contributed by atoms with van der Waals surface area (Å²) in [7, 11) is 0. The van der Waals surface area contributed by atoms with Crippen molar-refractivity contribution in [2.75, 3.05) is 13.2 Å². The summed E-state index contributed by atoms with van der Waals surface area (Å²) in [6, 6.07) is 4.78. The third-order valence-electron chi connectivity index (χ3n) is 1.64.